The molecule has 0 fully saturated rings. The standard InChI is InChI=1S/C11H23O3P/c1-6-7-8-9-15(12,13-10(2)3)14-11(4)5/h8-11H,6-7H2,1-5H3. The number of rotatable bonds is 7. The van der Waals surface area contributed by atoms with E-state index in [0.717, 1.165) is 12.8 Å². The van der Waals surface area contributed by atoms with E-state index in [1.54, 1.807) is 5.82 Å². The van der Waals surface area contributed by atoms with Crippen molar-refractivity contribution in [1.82, 2.24) is 0 Å². The van der Waals surface area contributed by atoms with Gasteiger partial charge in [0.25, 0.3) is 0 Å². The summed E-state index contributed by atoms with van der Waals surface area (Å²) in [5, 5.41) is 0. The highest BCUT2D eigenvalue weighted by Gasteiger charge is 2.23. The van der Waals surface area contributed by atoms with Crippen LogP contribution < -0.4 is 0 Å². The van der Waals surface area contributed by atoms with Crippen molar-refractivity contribution in [1.29, 1.82) is 0 Å². The second-order valence-corrected chi connectivity index (χ2v) is 5.82. The van der Waals surface area contributed by atoms with Crippen molar-refractivity contribution >= 4 is 7.60 Å². The molecule has 4 heteroatoms. The van der Waals surface area contributed by atoms with Crippen molar-refractivity contribution in [3.63, 3.8) is 0 Å². The quantitative estimate of drug-likeness (QED) is 0.614. The van der Waals surface area contributed by atoms with Crippen LogP contribution in [-0.4, -0.2) is 12.2 Å². The summed E-state index contributed by atoms with van der Waals surface area (Å²) in [6.45, 7) is 9.48. The number of unbranched alkanes of at least 4 members (excludes halogenated alkanes) is 1. The molecule has 0 aromatic rings. The second kappa shape index (κ2) is 7.21. The third-order valence-corrected chi connectivity index (χ3v) is 3.47. The van der Waals surface area contributed by atoms with E-state index >= 15 is 0 Å². The normalized spacial score (nSPS) is 13.3. The van der Waals surface area contributed by atoms with E-state index in [1.165, 1.54) is 0 Å². The molecule has 0 unspecified atom stereocenters. The van der Waals surface area contributed by atoms with Crippen LogP contribution in [-0.2, 0) is 13.6 Å². The summed E-state index contributed by atoms with van der Waals surface area (Å²) < 4.78 is 22.9. The van der Waals surface area contributed by atoms with Crippen LogP contribution in [0, 0.1) is 0 Å². The Morgan fingerprint density at radius 3 is 1.93 bits per heavy atom. The fourth-order valence-electron chi connectivity index (χ4n) is 1.05. The fraction of sp³-hybridized carbons (Fsp3) is 0.818. The summed E-state index contributed by atoms with van der Waals surface area (Å²) in [5.74, 6) is 1.58. The second-order valence-electron chi connectivity index (χ2n) is 4.02. The molecule has 0 bridgehead atoms. The van der Waals surface area contributed by atoms with Gasteiger partial charge in [-0.15, -0.1) is 0 Å². The highest BCUT2D eigenvalue weighted by Crippen LogP contribution is 2.52. The lowest BCUT2D eigenvalue weighted by molar-refractivity contribution is 0.149. The molecule has 15 heavy (non-hydrogen) atoms. The largest absolute Gasteiger partial charge is 0.354 e. The topological polar surface area (TPSA) is 35.5 Å². The van der Waals surface area contributed by atoms with Crippen molar-refractivity contribution in [3.05, 3.63) is 11.9 Å². The van der Waals surface area contributed by atoms with Crippen LogP contribution >= 0.6 is 7.60 Å². The number of hydrogen-bond acceptors (Lipinski definition) is 3. The van der Waals surface area contributed by atoms with Gasteiger partial charge >= 0.3 is 7.60 Å². The van der Waals surface area contributed by atoms with Gasteiger partial charge in [-0.1, -0.05) is 19.4 Å². The van der Waals surface area contributed by atoms with Gasteiger partial charge in [0.1, 0.15) is 0 Å². The minimum Gasteiger partial charge on any atom is -0.303 e. The molecule has 0 amide bonds. The Bertz CT molecular complexity index is 220. The summed E-state index contributed by atoms with van der Waals surface area (Å²) in [7, 11) is -3.04. The van der Waals surface area contributed by atoms with E-state index in [-0.39, 0.29) is 12.2 Å². The zero-order chi connectivity index (χ0) is 11.9. The molecular formula is C11H23O3P. The highest BCUT2D eigenvalue weighted by molar-refractivity contribution is 7.57. The summed E-state index contributed by atoms with van der Waals surface area (Å²) in [6.07, 6.45) is 3.60. The molecule has 0 rings (SSSR count). The maximum Gasteiger partial charge on any atom is 0.354 e. The van der Waals surface area contributed by atoms with E-state index in [2.05, 4.69) is 6.92 Å². The Hall–Kier alpha value is -0.110. The minimum absolute atomic E-state index is 0.0964. The summed E-state index contributed by atoms with van der Waals surface area (Å²) >= 11 is 0. The van der Waals surface area contributed by atoms with Gasteiger partial charge in [0.2, 0.25) is 0 Å². The van der Waals surface area contributed by atoms with Gasteiger partial charge in [-0.05, 0) is 34.1 Å². The van der Waals surface area contributed by atoms with Crippen molar-refractivity contribution in [2.75, 3.05) is 0 Å². The molecular weight excluding hydrogens is 211 g/mol. The maximum absolute atomic E-state index is 12.2. The molecule has 0 saturated carbocycles. The van der Waals surface area contributed by atoms with Crippen LogP contribution in [0.5, 0.6) is 0 Å². The maximum atomic E-state index is 12.2. The van der Waals surface area contributed by atoms with E-state index < -0.39 is 7.60 Å². The lowest BCUT2D eigenvalue weighted by Crippen LogP contribution is -2.06. The van der Waals surface area contributed by atoms with Gasteiger partial charge in [0.15, 0.2) is 0 Å². The van der Waals surface area contributed by atoms with Crippen LogP contribution in [0.4, 0.5) is 0 Å². The van der Waals surface area contributed by atoms with Gasteiger partial charge < -0.3 is 9.05 Å². The van der Waals surface area contributed by atoms with Crippen LogP contribution in [0.3, 0.4) is 0 Å². The molecule has 0 aromatic carbocycles. The van der Waals surface area contributed by atoms with Crippen LogP contribution in [0.15, 0.2) is 11.9 Å². The fourth-order valence-corrected chi connectivity index (χ4v) is 2.83. The lowest BCUT2D eigenvalue weighted by atomic mass is 10.3. The summed E-state index contributed by atoms with van der Waals surface area (Å²) in [5.41, 5.74) is 0. The summed E-state index contributed by atoms with van der Waals surface area (Å²) in [6, 6.07) is 0. The molecule has 90 valence electrons. The molecule has 0 N–H and O–H groups in total. The smallest absolute Gasteiger partial charge is 0.303 e. The molecule has 3 nitrogen and oxygen atoms in total. The van der Waals surface area contributed by atoms with Crippen LogP contribution in [0.25, 0.3) is 0 Å². The molecule has 0 radical (unpaired) electrons. The van der Waals surface area contributed by atoms with Crippen molar-refractivity contribution < 1.29 is 13.6 Å². The molecule has 0 aliphatic heterocycles. The van der Waals surface area contributed by atoms with E-state index in [0.29, 0.717) is 0 Å². The zero-order valence-electron chi connectivity index (χ0n) is 10.4. The Kier molecular flexibility index (Phi) is 7.16. The third-order valence-electron chi connectivity index (χ3n) is 1.46. The Balaban J connectivity index is 4.47. The van der Waals surface area contributed by atoms with Gasteiger partial charge in [-0.3, -0.25) is 4.57 Å². The number of allylic oxidation sites excluding steroid dienone is 1. The monoisotopic (exact) mass is 234 g/mol. The molecule has 0 heterocycles. The van der Waals surface area contributed by atoms with Crippen LogP contribution in [0.1, 0.15) is 47.5 Å². The first-order chi connectivity index (χ1) is 6.89. The van der Waals surface area contributed by atoms with E-state index in [9.17, 15) is 4.57 Å². The predicted molar refractivity (Wildman–Crippen MR) is 64.1 cm³/mol. The zero-order valence-corrected chi connectivity index (χ0v) is 11.3. The first-order valence-corrected chi connectivity index (χ1v) is 7.15. The lowest BCUT2D eigenvalue weighted by Gasteiger charge is -2.19. The number of hydrogen-bond donors (Lipinski definition) is 0. The molecule has 0 aliphatic carbocycles. The molecule has 0 aromatic heterocycles. The molecule has 0 saturated heterocycles. The van der Waals surface area contributed by atoms with Crippen molar-refractivity contribution in [3.8, 4) is 0 Å². The van der Waals surface area contributed by atoms with E-state index in [4.69, 9.17) is 9.05 Å². The minimum atomic E-state index is -3.04. The van der Waals surface area contributed by atoms with Crippen molar-refractivity contribution in [2.24, 2.45) is 0 Å². The van der Waals surface area contributed by atoms with Crippen molar-refractivity contribution in [2.45, 2.75) is 59.7 Å². The van der Waals surface area contributed by atoms with Gasteiger partial charge in [-0.2, -0.15) is 0 Å². The first kappa shape index (κ1) is 14.9. The molecule has 0 aliphatic rings. The Labute approximate surface area is 93.4 Å². The first-order valence-electron chi connectivity index (χ1n) is 5.54. The molecule has 0 atom stereocenters. The SMILES string of the molecule is CCCC=CP(=O)(OC(C)C)OC(C)C. The van der Waals surface area contributed by atoms with E-state index in [1.807, 2.05) is 33.8 Å². The average molecular weight is 234 g/mol. The van der Waals surface area contributed by atoms with Gasteiger partial charge in [0.05, 0.1) is 12.2 Å². The highest BCUT2D eigenvalue weighted by atomic mass is 31.2. The third kappa shape index (κ3) is 7.78. The van der Waals surface area contributed by atoms with Crippen LogP contribution in [0.2, 0.25) is 0 Å². The summed E-state index contributed by atoms with van der Waals surface area (Å²) in [4.78, 5) is 0. The van der Waals surface area contributed by atoms with Gasteiger partial charge in [-0.25, -0.2) is 0 Å². The molecule has 0 spiro atoms. The average Bonchev–Trinajstić information content (AvgIpc) is 2.00. The Morgan fingerprint density at radius 1 is 1.13 bits per heavy atom. The van der Waals surface area contributed by atoms with Gasteiger partial charge in [0, 0.05) is 5.82 Å². The Morgan fingerprint density at radius 2 is 1.60 bits per heavy atom. The predicted octanol–water partition coefficient (Wildman–Crippen LogP) is 4.34.